The molecular weight excluding hydrogens is 352 g/mol. The molecule has 2 aromatic rings. The van der Waals surface area contributed by atoms with Crippen molar-refractivity contribution in [2.24, 2.45) is 0 Å². The fraction of sp³-hybridized carbons (Fsp3) is 0.368. The maximum atomic E-state index is 12.6. The van der Waals surface area contributed by atoms with Gasteiger partial charge < -0.3 is 10.1 Å². The van der Waals surface area contributed by atoms with Crippen LogP contribution in [0.1, 0.15) is 24.0 Å². The molecule has 0 amide bonds. The van der Waals surface area contributed by atoms with Crippen molar-refractivity contribution in [3.8, 4) is 0 Å². The number of anilines is 2. The highest BCUT2D eigenvalue weighted by molar-refractivity contribution is 7.84. The van der Waals surface area contributed by atoms with Crippen LogP contribution in [0.15, 0.2) is 42.5 Å². The minimum atomic E-state index is -0.943. The predicted molar refractivity (Wildman–Crippen MR) is 103 cm³/mol. The molecule has 1 fully saturated rings. The highest BCUT2D eigenvalue weighted by atomic mass is 32.2. The second-order valence-corrected chi connectivity index (χ2v) is 8.16. The lowest BCUT2D eigenvalue weighted by Gasteiger charge is -2.21. The molecule has 1 N–H and O–H groups in total. The number of nitro benzene ring substituents is 1. The van der Waals surface area contributed by atoms with Gasteiger partial charge in [-0.2, -0.15) is 0 Å². The van der Waals surface area contributed by atoms with Crippen molar-refractivity contribution in [2.45, 2.75) is 30.8 Å². The first-order valence-electron chi connectivity index (χ1n) is 8.59. The molecule has 26 heavy (non-hydrogen) atoms. The fourth-order valence-electron chi connectivity index (χ4n) is 3.01. The van der Waals surface area contributed by atoms with Gasteiger partial charge in [-0.3, -0.25) is 14.3 Å². The summed E-state index contributed by atoms with van der Waals surface area (Å²) in [6, 6.07) is 12.7. The average molecular weight is 374 g/mol. The number of nitrogens with zero attached hydrogens (tertiary/aromatic N) is 1. The van der Waals surface area contributed by atoms with Gasteiger partial charge in [0.15, 0.2) is 0 Å². The van der Waals surface area contributed by atoms with Crippen LogP contribution in [-0.2, 0) is 21.3 Å². The molecule has 1 aliphatic rings. The van der Waals surface area contributed by atoms with Gasteiger partial charge >= 0.3 is 0 Å². The van der Waals surface area contributed by atoms with E-state index >= 15 is 0 Å². The summed E-state index contributed by atoms with van der Waals surface area (Å²) in [4.78, 5) is 10.9. The summed E-state index contributed by atoms with van der Waals surface area (Å²) in [6.45, 7) is 3.17. The fourth-order valence-corrected chi connectivity index (χ4v) is 4.48. The maximum Gasteiger partial charge on any atom is 0.292 e. The lowest BCUT2D eigenvalue weighted by atomic mass is 10.1. The van der Waals surface area contributed by atoms with E-state index in [1.165, 1.54) is 0 Å². The van der Waals surface area contributed by atoms with E-state index in [1.54, 1.807) is 12.1 Å². The Bertz CT molecular complexity index is 819. The van der Waals surface area contributed by atoms with E-state index in [0.717, 1.165) is 29.7 Å². The number of nitrogens with one attached hydrogen (secondary N) is 1. The summed E-state index contributed by atoms with van der Waals surface area (Å²) in [6.07, 6.45) is 1.67. The average Bonchev–Trinajstić information content (AvgIpc) is 2.64. The molecule has 1 aliphatic heterocycles. The lowest BCUT2D eigenvalue weighted by Crippen LogP contribution is -2.25. The van der Waals surface area contributed by atoms with Crippen LogP contribution in [0.3, 0.4) is 0 Å². The topological polar surface area (TPSA) is 81.5 Å². The van der Waals surface area contributed by atoms with Crippen LogP contribution in [0.4, 0.5) is 17.1 Å². The largest absolute Gasteiger partial charge is 0.381 e. The quantitative estimate of drug-likeness (QED) is 0.609. The van der Waals surface area contributed by atoms with Gasteiger partial charge in [-0.25, -0.2) is 0 Å². The first kappa shape index (κ1) is 18.5. The maximum absolute atomic E-state index is 12.6. The first-order chi connectivity index (χ1) is 12.5. The van der Waals surface area contributed by atoms with Gasteiger partial charge in [0.05, 0.1) is 4.92 Å². The third kappa shape index (κ3) is 4.68. The molecule has 0 aliphatic carbocycles. The highest BCUT2D eigenvalue weighted by Gasteiger charge is 2.20. The summed E-state index contributed by atoms with van der Waals surface area (Å²) < 4.78 is 17.9. The van der Waals surface area contributed by atoms with Crippen molar-refractivity contribution in [1.29, 1.82) is 0 Å². The van der Waals surface area contributed by atoms with E-state index in [9.17, 15) is 14.3 Å². The van der Waals surface area contributed by atoms with Crippen molar-refractivity contribution in [1.82, 2.24) is 0 Å². The van der Waals surface area contributed by atoms with Gasteiger partial charge in [0, 0.05) is 46.8 Å². The van der Waals surface area contributed by atoms with Crippen LogP contribution in [0.25, 0.3) is 0 Å². The molecule has 1 atom stereocenters. The Labute approximate surface area is 155 Å². The Kier molecular flexibility index (Phi) is 6.00. The number of nitro groups is 1. The van der Waals surface area contributed by atoms with E-state index in [2.05, 4.69) is 5.32 Å². The van der Waals surface area contributed by atoms with Gasteiger partial charge in [-0.05, 0) is 49.1 Å². The van der Waals surface area contributed by atoms with E-state index in [4.69, 9.17) is 4.74 Å². The summed E-state index contributed by atoms with van der Waals surface area (Å²) >= 11 is 0. The Balaban J connectivity index is 1.73. The van der Waals surface area contributed by atoms with Crippen molar-refractivity contribution >= 4 is 27.9 Å². The van der Waals surface area contributed by atoms with Gasteiger partial charge in [-0.15, -0.1) is 0 Å². The number of hydrogen-bond acceptors (Lipinski definition) is 5. The summed E-state index contributed by atoms with van der Waals surface area (Å²) in [5.41, 5.74) is 3.03. The summed E-state index contributed by atoms with van der Waals surface area (Å²) in [5.74, 6) is 0.482. The Morgan fingerprint density at radius 3 is 2.73 bits per heavy atom. The molecule has 3 rings (SSSR count). The van der Waals surface area contributed by atoms with Crippen LogP contribution in [0.5, 0.6) is 0 Å². The lowest BCUT2D eigenvalue weighted by molar-refractivity contribution is -0.384. The number of aryl methyl sites for hydroxylation is 1. The van der Waals surface area contributed by atoms with Crippen LogP contribution >= 0.6 is 0 Å². The van der Waals surface area contributed by atoms with Gasteiger partial charge in [0.2, 0.25) is 0 Å². The molecule has 138 valence electrons. The molecule has 0 spiro atoms. The van der Waals surface area contributed by atoms with Crippen molar-refractivity contribution in [3.05, 3.63) is 63.7 Å². The molecule has 1 saturated heterocycles. The van der Waals surface area contributed by atoms with Crippen LogP contribution in [-0.4, -0.2) is 27.6 Å². The van der Waals surface area contributed by atoms with E-state index in [1.807, 2.05) is 37.3 Å². The monoisotopic (exact) mass is 374 g/mol. The van der Waals surface area contributed by atoms with Gasteiger partial charge in [-0.1, -0.05) is 18.2 Å². The minimum Gasteiger partial charge on any atom is -0.381 e. The van der Waals surface area contributed by atoms with Crippen LogP contribution < -0.4 is 5.32 Å². The second kappa shape index (κ2) is 8.42. The molecule has 2 aromatic carbocycles. The molecule has 6 nitrogen and oxygen atoms in total. The highest BCUT2D eigenvalue weighted by Crippen LogP contribution is 2.29. The molecule has 0 bridgehead atoms. The summed E-state index contributed by atoms with van der Waals surface area (Å²) in [7, 11) is -0.943. The zero-order valence-electron chi connectivity index (χ0n) is 14.6. The molecule has 7 heteroatoms. The number of rotatable bonds is 6. The zero-order chi connectivity index (χ0) is 18.5. The molecule has 0 saturated carbocycles. The Morgan fingerprint density at radius 2 is 2.00 bits per heavy atom. The van der Waals surface area contributed by atoms with Gasteiger partial charge in [0.25, 0.3) is 5.69 Å². The third-order valence-electron chi connectivity index (χ3n) is 4.40. The minimum absolute atomic E-state index is 0.0428. The van der Waals surface area contributed by atoms with Crippen LogP contribution in [0, 0.1) is 17.0 Å². The number of benzene rings is 2. The van der Waals surface area contributed by atoms with Crippen molar-refractivity contribution < 1.29 is 13.9 Å². The SMILES string of the molecule is Cc1ccc(Nc2cccc(CS(=O)C3CCOCC3)c2)c([N+](=O)[O-])c1. The molecule has 1 heterocycles. The molecule has 1 unspecified atom stereocenters. The summed E-state index contributed by atoms with van der Waals surface area (Å²) in [5, 5.41) is 14.6. The smallest absolute Gasteiger partial charge is 0.292 e. The third-order valence-corrected chi connectivity index (χ3v) is 6.24. The zero-order valence-corrected chi connectivity index (χ0v) is 15.5. The molecular formula is C19H22N2O4S. The van der Waals surface area contributed by atoms with E-state index < -0.39 is 10.8 Å². The number of ether oxygens (including phenoxy) is 1. The van der Waals surface area contributed by atoms with Crippen LogP contribution in [0.2, 0.25) is 0 Å². The Morgan fingerprint density at radius 1 is 1.23 bits per heavy atom. The number of hydrogen-bond donors (Lipinski definition) is 1. The molecule has 0 radical (unpaired) electrons. The van der Waals surface area contributed by atoms with Gasteiger partial charge in [0.1, 0.15) is 5.69 Å². The first-order valence-corrected chi connectivity index (χ1v) is 9.97. The van der Waals surface area contributed by atoms with Crippen molar-refractivity contribution in [2.75, 3.05) is 18.5 Å². The predicted octanol–water partition coefficient (Wildman–Crippen LogP) is 4.07. The van der Waals surface area contributed by atoms with Crippen molar-refractivity contribution in [3.63, 3.8) is 0 Å². The normalized spacial score (nSPS) is 16.2. The van der Waals surface area contributed by atoms with E-state index in [-0.39, 0.29) is 15.9 Å². The van der Waals surface area contributed by atoms with E-state index in [0.29, 0.717) is 24.7 Å². The Hall–Kier alpha value is -2.25. The second-order valence-electron chi connectivity index (χ2n) is 6.44. The molecule has 0 aromatic heterocycles. The standard InChI is InChI=1S/C19H22N2O4S/c1-14-5-6-18(19(11-14)21(22)23)20-16-4-2-3-15(12-16)13-26(24)17-7-9-25-10-8-17/h2-6,11-12,17,20H,7-10,13H2,1H3.